The van der Waals surface area contributed by atoms with E-state index in [0.29, 0.717) is 18.0 Å². The normalized spacial score (nSPS) is 17.5. The van der Waals surface area contributed by atoms with E-state index in [2.05, 4.69) is 10.3 Å². The molecule has 0 atom stereocenters. The van der Waals surface area contributed by atoms with Gasteiger partial charge < -0.3 is 5.32 Å². The number of nitrogens with one attached hydrogen (secondary N) is 1. The molecule has 1 saturated heterocycles. The molecule has 1 aliphatic rings. The Labute approximate surface area is 139 Å². The van der Waals surface area contributed by atoms with Crippen molar-refractivity contribution in [3.05, 3.63) is 28.8 Å². The number of sulfonamides is 1. The van der Waals surface area contributed by atoms with E-state index in [9.17, 15) is 13.2 Å². The molecule has 0 aliphatic carbocycles. The highest BCUT2D eigenvalue weighted by Gasteiger charge is 2.30. The zero-order valence-corrected chi connectivity index (χ0v) is 14.7. The van der Waals surface area contributed by atoms with Gasteiger partial charge in [0.1, 0.15) is 4.83 Å². The Morgan fingerprint density at radius 3 is 2.70 bits per heavy atom. The van der Waals surface area contributed by atoms with E-state index in [4.69, 9.17) is 0 Å². The van der Waals surface area contributed by atoms with Gasteiger partial charge in [-0.3, -0.25) is 4.79 Å². The van der Waals surface area contributed by atoms with Gasteiger partial charge in [-0.2, -0.15) is 0 Å². The van der Waals surface area contributed by atoms with E-state index in [0.717, 1.165) is 28.6 Å². The molecule has 0 bridgehead atoms. The fourth-order valence-electron chi connectivity index (χ4n) is 3.11. The third kappa shape index (κ3) is 3.11. The number of pyridine rings is 1. The van der Waals surface area contributed by atoms with E-state index >= 15 is 0 Å². The minimum Gasteiger partial charge on any atom is -0.354 e. The van der Waals surface area contributed by atoms with Crippen LogP contribution in [0.5, 0.6) is 0 Å². The van der Waals surface area contributed by atoms with Crippen LogP contribution in [0.4, 0.5) is 0 Å². The van der Waals surface area contributed by atoms with Crippen LogP contribution >= 0.6 is 11.3 Å². The van der Waals surface area contributed by atoms with Gasteiger partial charge in [-0.1, -0.05) is 6.07 Å². The Balaban J connectivity index is 1.98. The van der Waals surface area contributed by atoms with Gasteiger partial charge >= 0.3 is 0 Å². The number of carbonyl (C=O) groups excluding carboxylic acids is 1. The molecule has 3 rings (SSSR count). The van der Waals surface area contributed by atoms with Gasteiger partial charge in [0, 0.05) is 31.7 Å². The van der Waals surface area contributed by atoms with Crippen molar-refractivity contribution in [2.45, 2.75) is 18.8 Å². The number of piperidine rings is 1. The van der Waals surface area contributed by atoms with Crippen LogP contribution < -0.4 is 5.32 Å². The second-order valence-corrected chi connectivity index (χ2v) is 8.70. The third-order valence-corrected chi connectivity index (χ3v) is 6.70. The van der Waals surface area contributed by atoms with Gasteiger partial charge in [0.25, 0.3) is 5.91 Å². The zero-order chi connectivity index (χ0) is 16.6. The number of hydrogen-bond acceptors (Lipinski definition) is 5. The summed E-state index contributed by atoms with van der Waals surface area (Å²) in [6.07, 6.45) is 4.41. The molecule has 1 N–H and O–H groups in total. The van der Waals surface area contributed by atoms with Crippen molar-refractivity contribution < 1.29 is 13.2 Å². The van der Waals surface area contributed by atoms with Crippen molar-refractivity contribution in [2.24, 2.45) is 0 Å². The first kappa shape index (κ1) is 16.4. The SMILES string of the molecule is CNC(=O)c1sc2ncccc2c1C1CCN(S(C)(=O)=O)CC1. The molecular formula is C15H19N3O3S2. The maximum absolute atomic E-state index is 12.2. The van der Waals surface area contributed by atoms with Crippen molar-refractivity contribution >= 4 is 37.5 Å². The predicted octanol–water partition coefficient (Wildman–Crippen LogP) is 1.79. The molecule has 3 heterocycles. The molecular weight excluding hydrogens is 334 g/mol. The van der Waals surface area contributed by atoms with E-state index in [1.807, 2.05) is 12.1 Å². The summed E-state index contributed by atoms with van der Waals surface area (Å²) in [6.45, 7) is 0.989. The average Bonchev–Trinajstić information content (AvgIpc) is 2.93. The molecule has 0 aromatic carbocycles. The number of carbonyl (C=O) groups is 1. The van der Waals surface area contributed by atoms with Gasteiger partial charge in [-0.05, 0) is 30.4 Å². The maximum atomic E-state index is 12.2. The fraction of sp³-hybridized carbons (Fsp3) is 0.467. The third-order valence-electron chi connectivity index (χ3n) is 4.27. The summed E-state index contributed by atoms with van der Waals surface area (Å²) in [5.74, 6) is 0.0757. The smallest absolute Gasteiger partial charge is 0.261 e. The molecule has 6 nitrogen and oxygen atoms in total. The molecule has 0 spiro atoms. The van der Waals surface area contributed by atoms with Gasteiger partial charge in [-0.15, -0.1) is 11.3 Å². The van der Waals surface area contributed by atoms with E-state index in [1.54, 1.807) is 13.2 Å². The second kappa shape index (κ2) is 6.18. The standard InChI is InChI=1S/C15H19N3O3S2/c1-16-14(19)13-12(11-4-3-7-17-15(11)22-13)10-5-8-18(9-6-10)23(2,20)21/h3-4,7,10H,5-6,8-9H2,1-2H3,(H,16,19). The van der Waals surface area contributed by atoms with Crippen LogP contribution in [-0.4, -0.2) is 50.0 Å². The van der Waals surface area contributed by atoms with Gasteiger partial charge in [-0.25, -0.2) is 17.7 Å². The maximum Gasteiger partial charge on any atom is 0.261 e. The Kier molecular flexibility index (Phi) is 4.39. The molecule has 8 heteroatoms. The summed E-state index contributed by atoms with van der Waals surface area (Å²) in [5.41, 5.74) is 1.02. The monoisotopic (exact) mass is 353 g/mol. The second-order valence-electron chi connectivity index (χ2n) is 5.72. The number of thiophene rings is 1. The topological polar surface area (TPSA) is 79.4 Å². The Morgan fingerprint density at radius 2 is 2.09 bits per heavy atom. The van der Waals surface area contributed by atoms with Crippen molar-refractivity contribution in [3.8, 4) is 0 Å². The highest BCUT2D eigenvalue weighted by molar-refractivity contribution is 7.88. The quantitative estimate of drug-likeness (QED) is 0.912. The Morgan fingerprint density at radius 1 is 1.39 bits per heavy atom. The first-order chi connectivity index (χ1) is 10.9. The number of nitrogens with zero attached hydrogens (tertiary/aromatic N) is 2. The molecule has 2 aromatic heterocycles. The minimum atomic E-state index is -3.15. The Bertz CT molecular complexity index is 837. The lowest BCUT2D eigenvalue weighted by Crippen LogP contribution is -2.37. The van der Waals surface area contributed by atoms with E-state index in [-0.39, 0.29) is 11.8 Å². The van der Waals surface area contributed by atoms with Crippen LogP contribution in [0.3, 0.4) is 0 Å². The van der Waals surface area contributed by atoms with E-state index < -0.39 is 10.0 Å². The van der Waals surface area contributed by atoms with Gasteiger partial charge in [0.15, 0.2) is 0 Å². The molecule has 1 fully saturated rings. The molecule has 124 valence electrons. The number of aromatic nitrogens is 1. The lowest BCUT2D eigenvalue weighted by Gasteiger charge is -2.30. The van der Waals surface area contributed by atoms with Gasteiger partial charge in [0.2, 0.25) is 10.0 Å². The number of amides is 1. The molecule has 2 aromatic rings. The number of fused-ring (bicyclic) bond motifs is 1. The lowest BCUT2D eigenvalue weighted by atomic mass is 9.88. The molecule has 1 aliphatic heterocycles. The molecule has 0 unspecified atom stereocenters. The molecule has 1 amide bonds. The van der Waals surface area contributed by atoms with Crippen LogP contribution in [-0.2, 0) is 10.0 Å². The average molecular weight is 353 g/mol. The highest BCUT2D eigenvalue weighted by Crippen LogP contribution is 2.40. The summed E-state index contributed by atoms with van der Waals surface area (Å²) < 4.78 is 24.8. The molecule has 0 radical (unpaired) electrons. The number of hydrogen-bond donors (Lipinski definition) is 1. The zero-order valence-electron chi connectivity index (χ0n) is 13.1. The molecule has 0 saturated carbocycles. The van der Waals surface area contributed by atoms with Crippen LogP contribution in [0.2, 0.25) is 0 Å². The van der Waals surface area contributed by atoms with Crippen molar-refractivity contribution in [2.75, 3.05) is 26.4 Å². The van der Waals surface area contributed by atoms with Crippen molar-refractivity contribution in [1.82, 2.24) is 14.6 Å². The number of rotatable bonds is 3. The first-order valence-electron chi connectivity index (χ1n) is 7.46. The summed E-state index contributed by atoms with van der Waals surface area (Å²) in [5, 5.41) is 3.70. The van der Waals surface area contributed by atoms with Crippen LogP contribution in [0.25, 0.3) is 10.2 Å². The largest absolute Gasteiger partial charge is 0.354 e. The van der Waals surface area contributed by atoms with Crippen molar-refractivity contribution in [3.63, 3.8) is 0 Å². The van der Waals surface area contributed by atoms with Crippen LogP contribution in [0.15, 0.2) is 18.3 Å². The summed E-state index contributed by atoms with van der Waals surface area (Å²) in [6, 6.07) is 3.86. The van der Waals surface area contributed by atoms with E-state index in [1.165, 1.54) is 21.9 Å². The lowest BCUT2D eigenvalue weighted by molar-refractivity contribution is 0.0965. The summed E-state index contributed by atoms with van der Waals surface area (Å²) in [4.78, 5) is 18.1. The van der Waals surface area contributed by atoms with Gasteiger partial charge in [0.05, 0.1) is 11.1 Å². The minimum absolute atomic E-state index is 0.103. The van der Waals surface area contributed by atoms with Crippen LogP contribution in [0, 0.1) is 0 Å². The van der Waals surface area contributed by atoms with Crippen LogP contribution in [0.1, 0.15) is 34.0 Å². The Hall–Kier alpha value is -1.51. The first-order valence-corrected chi connectivity index (χ1v) is 10.1. The fourth-order valence-corrected chi connectivity index (χ4v) is 5.17. The predicted molar refractivity (Wildman–Crippen MR) is 91.4 cm³/mol. The summed E-state index contributed by atoms with van der Waals surface area (Å²) in [7, 11) is -1.53. The highest BCUT2D eigenvalue weighted by atomic mass is 32.2. The molecule has 23 heavy (non-hydrogen) atoms. The summed E-state index contributed by atoms with van der Waals surface area (Å²) >= 11 is 1.40. The van der Waals surface area contributed by atoms with Crippen molar-refractivity contribution in [1.29, 1.82) is 0 Å².